The fraction of sp³-hybridized carbons (Fsp3) is 0.200. The first-order chi connectivity index (χ1) is 19.0. The van der Waals surface area contributed by atoms with Crippen molar-refractivity contribution < 1.29 is 18.7 Å². The molecule has 9 heteroatoms. The molecular weight excluding hydrogens is 519 g/mol. The zero-order valence-electron chi connectivity index (χ0n) is 21.0. The minimum absolute atomic E-state index is 0.286. The van der Waals surface area contributed by atoms with Crippen molar-refractivity contribution in [1.29, 1.82) is 0 Å². The molecule has 1 unspecified atom stereocenters. The summed E-state index contributed by atoms with van der Waals surface area (Å²) >= 11 is 6.31. The van der Waals surface area contributed by atoms with Gasteiger partial charge in [0, 0.05) is 47.1 Å². The van der Waals surface area contributed by atoms with Gasteiger partial charge in [0.2, 0.25) is 0 Å². The highest BCUT2D eigenvalue weighted by Gasteiger charge is 2.35. The van der Waals surface area contributed by atoms with Gasteiger partial charge in [0.15, 0.2) is 0 Å². The predicted molar refractivity (Wildman–Crippen MR) is 147 cm³/mol. The lowest BCUT2D eigenvalue weighted by atomic mass is 9.92. The largest absolute Gasteiger partial charge is 0.494 e. The number of amides is 1. The van der Waals surface area contributed by atoms with Gasteiger partial charge in [-0.2, -0.15) is 0 Å². The number of aryl methyl sites for hydroxylation is 1. The van der Waals surface area contributed by atoms with Gasteiger partial charge in [0.05, 0.1) is 12.9 Å². The number of nitrogens with one attached hydrogen (secondary N) is 1. The van der Waals surface area contributed by atoms with E-state index in [-0.39, 0.29) is 5.75 Å². The van der Waals surface area contributed by atoms with E-state index in [9.17, 15) is 9.18 Å². The van der Waals surface area contributed by atoms with Crippen LogP contribution in [0.4, 0.5) is 9.18 Å². The molecule has 1 aliphatic heterocycles. The molecule has 0 saturated carbocycles. The Hall–Kier alpha value is -4.30. The van der Waals surface area contributed by atoms with Crippen LogP contribution in [0.3, 0.4) is 0 Å². The van der Waals surface area contributed by atoms with E-state index in [2.05, 4.69) is 9.97 Å². The molecule has 39 heavy (non-hydrogen) atoms. The Labute approximate surface area is 229 Å². The van der Waals surface area contributed by atoms with Crippen LogP contribution in [-0.2, 0) is 13.0 Å². The fourth-order valence-electron chi connectivity index (χ4n) is 5.07. The molecule has 5 aromatic rings. The highest BCUT2D eigenvalue weighted by molar-refractivity contribution is 6.31. The Bertz CT molecular complexity index is 1580. The van der Waals surface area contributed by atoms with E-state index in [1.54, 1.807) is 17.4 Å². The Kier molecular flexibility index (Phi) is 6.94. The van der Waals surface area contributed by atoms with Gasteiger partial charge in [-0.3, -0.25) is 4.90 Å². The minimum atomic E-state index is -0.506. The number of nitrogens with zero attached hydrogens (tertiary/aromatic N) is 3. The van der Waals surface area contributed by atoms with Gasteiger partial charge < -0.3 is 19.0 Å². The number of hydrogen-bond donors (Lipinski definition) is 1. The molecule has 3 heterocycles. The fourth-order valence-corrected chi connectivity index (χ4v) is 5.24. The average molecular weight is 545 g/mol. The monoisotopic (exact) mass is 544 g/mol. The zero-order chi connectivity index (χ0) is 26.8. The van der Waals surface area contributed by atoms with Gasteiger partial charge in [-0.25, -0.2) is 14.2 Å². The number of carbonyl (C=O) groups excluding carboxylic acids is 1. The summed E-state index contributed by atoms with van der Waals surface area (Å²) in [6.07, 6.45) is 6.47. The Morgan fingerprint density at radius 3 is 2.64 bits per heavy atom. The number of rotatable bonds is 7. The highest BCUT2D eigenvalue weighted by Crippen LogP contribution is 2.40. The second-order valence-electron chi connectivity index (χ2n) is 9.45. The number of H-pyrrole nitrogens is 1. The molecule has 2 aromatic heterocycles. The van der Waals surface area contributed by atoms with Crippen molar-refractivity contribution in [3.63, 3.8) is 0 Å². The summed E-state index contributed by atoms with van der Waals surface area (Å²) in [7, 11) is 0. The maximum absolute atomic E-state index is 13.4. The molecule has 1 aliphatic rings. The number of ether oxygens (including phenoxy) is 2. The van der Waals surface area contributed by atoms with E-state index < -0.39 is 18.0 Å². The van der Waals surface area contributed by atoms with Crippen molar-refractivity contribution in [2.75, 3.05) is 13.2 Å². The molecule has 0 aliphatic carbocycles. The number of benzene rings is 3. The van der Waals surface area contributed by atoms with E-state index in [1.165, 1.54) is 24.3 Å². The van der Waals surface area contributed by atoms with Crippen LogP contribution in [-0.4, -0.2) is 38.7 Å². The molecule has 7 nitrogen and oxygen atoms in total. The van der Waals surface area contributed by atoms with Gasteiger partial charge in [-0.1, -0.05) is 23.7 Å². The van der Waals surface area contributed by atoms with Gasteiger partial charge in [-0.15, -0.1) is 0 Å². The smallest absolute Gasteiger partial charge is 0.416 e. The molecule has 0 saturated heterocycles. The first-order valence-electron chi connectivity index (χ1n) is 12.8. The van der Waals surface area contributed by atoms with Crippen molar-refractivity contribution in [2.24, 2.45) is 0 Å². The van der Waals surface area contributed by atoms with Gasteiger partial charge >= 0.3 is 6.09 Å². The van der Waals surface area contributed by atoms with E-state index in [1.807, 2.05) is 53.2 Å². The third-order valence-corrected chi connectivity index (χ3v) is 7.16. The normalized spacial score (nSPS) is 14.8. The van der Waals surface area contributed by atoms with Gasteiger partial charge in [-0.05, 0) is 78.6 Å². The van der Waals surface area contributed by atoms with Crippen molar-refractivity contribution in [3.05, 3.63) is 113 Å². The molecule has 0 fully saturated rings. The topological polar surface area (TPSA) is 72.4 Å². The summed E-state index contributed by atoms with van der Waals surface area (Å²) in [4.78, 5) is 22.7. The number of carbonyl (C=O) groups is 1. The van der Waals surface area contributed by atoms with Crippen LogP contribution in [0.25, 0.3) is 10.9 Å². The zero-order valence-corrected chi connectivity index (χ0v) is 21.8. The summed E-state index contributed by atoms with van der Waals surface area (Å²) in [5, 5.41) is 1.71. The maximum atomic E-state index is 13.4. The minimum Gasteiger partial charge on any atom is -0.494 e. The first-order valence-corrected chi connectivity index (χ1v) is 13.2. The third kappa shape index (κ3) is 5.33. The standard InChI is InChI=1S/C30H26ClFN4O3/c31-21-4-11-27-26(18-21)25-12-15-36(30(37)39-24-9-5-22(32)6-10-24)29(28(25)34-27)20-2-7-23(8-3-20)38-17-1-14-35-16-13-33-19-35/h2-11,13,16,18-19,29,34H,1,12,14-15,17H2. The maximum Gasteiger partial charge on any atom is 0.416 e. The number of aromatic amines is 1. The van der Waals surface area contributed by atoms with Crippen LogP contribution in [0.5, 0.6) is 11.5 Å². The summed E-state index contributed by atoms with van der Waals surface area (Å²) in [6.45, 7) is 1.85. The van der Waals surface area contributed by atoms with Crippen LogP contribution in [0.15, 0.2) is 85.5 Å². The van der Waals surface area contributed by atoms with E-state index in [0.717, 1.165) is 46.4 Å². The number of halogens is 2. The molecule has 0 radical (unpaired) electrons. The summed E-state index contributed by atoms with van der Waals surface area (Å²) in [5.41, 5.74) is 3.92. The molecule has 1 atom stereocenters. The lowest BCUT2D eigenvalue weighted by Gasteiger charge is -2.35. The predicted octanol–water partition coefficient (Wildman–Crippen LogP) is 6.77. The number of imidazole rings is 1. The van der Waals surface area contributed by atoms with Crippen molar-refractivity contribution >= 4 is 28.6 Å². The van der Waals surface area contributed by atoms with Crippen LogP contribution in [0.2, 0.25) is 5.02 Å². The lowest BCUT2D eigenvalue weighted by molar-refractivity contribution is 0.135. The van der Waals surface area contributed by atoms with Gasteiger partial charge in [0.25, 0.3) is 0 Å². The SMILES string of the molecule is O=C(Oc1ccc(F)cc1)N1CCc2c([nH]c3ccc(Cl)cc23)C1c1ccc(OCCCn2ccnc2)cc1. The Morgan fingerprint density at radius 2 is 1.87 bits per heavy atom. The molecule has 3 aromatic carbocycles. The van der Waals surface area contributed by atoms with Gasteiger partial charge in [0.1, 0.15) is 23.4 Å². The Balaban J connectivity index is 1.26. The summed E-state index contributed by atoms with van der Waals surface area (Å²) in [6, 6.07) is 18.6. The van der Waals surface area contributed by atoms with Crippen LogP contribution in [0, 0.1) is 5.82 Å². The summed E-state index contributed by atoms with van der Waals surface area (Å²) < 4.78 is 27.0. The quantitative estimate of drug-likeness (QED) is 0.229. The molecule has 6 rings (SSSR count). The molecule has 1 amide bonds. The lowest BCUT2D eigenvalue weighted by Crippen LogP contribution is -2.42. The number of hydrogen-bond acceptors (Lipinski definition) is 4. The van der Waals surface area contributed by atoms with E-state index in [4.69, 9.17) is 21.1 Å². The second-order valence-corrected chi connectivity index (χ2v) is 9.88. The molecule has 0 spiro atoms. The molecular formula is C30H26ClFN4O3. The van der Waals surface area contributed by atoms with Crippen LogP contribution in [0.1, 0.15) is 29.3 Å². The van der Waals surface area contributed by atoms with Crippen molar-refractivity contribution in [2.45, 2.75) is 25.4 Å². The molecule has 1 N–H and O–H groups in total. The van der Waals surface area contributed by atoms with Crippen molar-refractivity contribution in [1.82, 2.24) is 19.4 Å². The Morgan fingerprint density at radius 1 is 1.08 bits per heavy atom. The summed E-state index contributed by atoms with van der Waals surface area (Å²) in [5.74, 6) is 0.647. The van der Waals surface area contributed by atoms with Crippen LogP contribution >= 0.6 is 11.6 Å². The number of aromatic nitrogens is 3. The van der Waals surface area contributed by atoms with E-state index in [0.29, 0.717) is 24.6 Å². The molecule has 198 valence electrons. The second kappa shape index (κ2) is 10.8. The molecule has 0 bridgehead atoms. The first kappa shape index (κ1) is 25.0. The highest BCUT2D eigenvalue weighted by atomic mass is 35.5. The number of fused-ring (bicyclic) bond motifs is 3. The van der Waals surface area contributed by atoms with E-state index >= 15 is 0 Å². The van der Waals surface area contributed by atoms with Crippen LogP contribution < -0.4 is 9.47 Å². The average Bonchev–Trinajstić information content (AvgIpc) is 3.60. The van der Waals surface area contributed by atoms with Crippen molar-refractivity contribution in [3.8, 4) is 11.5 Å². The third-order valence-electron chi connectivity index (χ3n) is 6.93.